The molecule has 1 aliphatic rings. The highest BCUT2D eigenvalue weighted by molar-refractivity contribution is 7.07. The number of aromatic amines is 1. The highest BCUT2D eigenvalue weighted by Crippen LogP contribution is 2.32. The van der Waals surface area contributed by atoms with E-state index in [1.807, 2.05) is 23.1 Å². The zero-order valence-corrected chi connectivity index (χ0v) is 19.1. The molecule has 0 saturated carbocycles. The standard InChI is InChI=1S/C22H25N5O5S/c1-22(2,27-13-23-12-24-27)19(30)9-20-25-21(31)18(33-20)8-14-3-4-17-16(7-14)26(5-6-32-17)10-15(29)11-28/h3-4,7-9,12-13,15,28-29H,5-6,10-11H2,1-2H3,(H,25,31)/b18-8-,20-9+. The van der Waals surface area contributed by atoms with E-state index in [4.69, 9.17) is 4.74 Å². The van der Waals surface area contributed by atoms with E-state index in [1.165, 1.54) is 34.7 Å². The average Bonchev–Trinajstić information content (AvgIpc) is 3.45. The van der Waals surface area contributed by atoms with Crippen LogP contribution in [0.1, 0.15) is 19.4 Å². The Morgan fingerprint density at radius 3 is 2.97 bits per heavy atom. The molecule has 0 bridgehead atoms. The Kier molecular flexibility index (Phi) is 6.45. The van der Waals surface area contributed by atoms with Gasteiger partial charge in [-0.15, -0.1) is 11.3 Å². The second-order valence-corrected chi connectivity index (χ2v) is 9.28. The van der Waals surface area contributed by atoms with Crippen molar-refractivity contribution in [2.24, 2.45) is 0 Å². The maximum absolute atomic E-state index is 12.8. The first-order valence-electron chi connectivity index (χ1n) is 10.4. The van der Waals surface area contributed by atoms with Gasteiger partial charge in [0.25, 0.3) is 5.56 Å². The molecule has 1 unspecified atom stereocenters. The van der Waals surface area contributed by atoms with E-state index in [-0.39, 0.29) is 24.5 Å². The number of hydrogen-bond acceptors (Lipinski definition) is 9. The molecule has 1 aromatic carbocycles. The van der Waals surface area contributed by atoms with E-state index in [0.29, 0.717) is 28.1 Å². The molecule has 0 radical (unpaired) electrons. The van der Waals surface area contributed by atoms with Gasteiger partial charge in [0.05, 0.1) is 34.1 Å². The number of hydrogen-bond donors (Lipinski definition) is 3. The van der Waals surface area contributed by atoms with Crippen molar-refractivity contribution in [3.63, 3.8) is 0 Å². The van der Waals surface area contributed by atoms with E-state index < -0.39 is 11.6 Å². The summed E-state index contributed by atoms with van der Waals surface area (Å²) in [4.78, 5) is 33.9. The topological polar surface area (TPSA) is 134 Å². The molecule has 0 fully saturated rings. The molecular weight excluding hydrogens is 446 g/mol. The van der Waals surface area contributed by atoms with Crippen LogP contribution in [-0.2, 0) is 10.3 Å². The lowest BCUT2D eigenvalue weighted by Gasteiger charge is -2.32. The largest absolute Gasteiger partial charge is 0.490 e. The van der Waals surface area contributed by atoms with E-state index in [2.05, 4.69) is 15.1 Å². The molecule has 4 rings (SSSR count). The number of aliphatic hydroxyl groups excluding tert-OH is 2. The molecule has 3 aromatic rings. The number of nitrogens with zero attached hydrogens (tertiary/aromatic N) is 4. The lowest BCUT2D eigenvalue weighted by Crippen LogP contribution is -2.39. The molecule has 11 heteroatoms. The molecule has 0 spiro atoms. The van der Waals surface area contributed by atoms with Crippen LogP contribution >= 0.6 is 11.3 Å². The predicted molar refractivity (Wildman–Crippen MR) is 124 cm³/mol. The Morgan fingerprint density at radius 2 is 2.24 bits per heavy atom. The van der Waals surface area contributed by atoms with Gasteiger partial charge in [-0.25, -0.2) is 9.67 Å². The zero-order chi connectivity index (χ0) is 23.6. The molecular formula is C22H25N5O5S. The van der Waals surface area contributed by atoms with Gasteiger partial charge in [-0.05, 0) is 37.6 Å². The Hall–Kier alpha value is -3.28. The number of aromatic nitrogens is 4. The van der Waals surface area contributed by atoms with E-state index in [0.717, 1.165) is 11.3 Å². The number of β-amino-alcohol motifs (C(OH)–C–C–N with tert-alkyl or cyclic N) is 1. The number of Topliss-reactive ketones (excluding diaryl/α,β-unsaturated/α-hetero) is 1. The van der Waals surface area contributed by atoms with Crippen LogP contribution in [0, 0.1) is 0 Å². The molecule has 174 valence electrons. The van der Waals surface area contributed by atoms with Gasteiger partial charge in [-0.1, -0.05) is 6.07 Å². The van der Waals surface area contributed by atoms with Crippen molar-refractivity contribution in [2.45, 2.75) is 25.5 Å². The van der Waals surface area contributed by atoms with Crippen LogP contribution in [0.4, 0.5) is 5.69 Å². The number of benzene rings is 1. The van der Waals surface area contributed by atoms with Crippen molar-refractivity contribution in [1.29, 1.82) is 0 Å². The molecule has 1 aliphatic heterocycles. The molecule has 3 N–H and O–H groups in total. The first-order chi connectivity index (χ1) is 15.8. The number of carbonyl (C=O) groups is 1. The summed E-state index contributed by atoms with van der Waals surface area (Å²) in [5.41, 5.74) is 0.324. The summed E-state index contributed by atoms with van der Waals surface area (Å²) in [5, 5.41) is 23.1. The number of carbonyl (C=O) groups excluding carboxylic acids is 1. The first kappa shape index (κ1) is 22.9. The number of ketones is 1. The van der Waals surface area contributed by atoms with Crippen LogP contribution in [0.15, 0.2) is 35.6 Å². The van der Waals surface area contributed by atoms with Gasteiger partial charge in [0.15, 0.2) is 5.78 Å². The number of rotatable bonds is 7. The number of nitrogens with one attached hydrogen (secondary N) is 1. The smallest absolute Gasteiger partial charge is 0.266 e. The van der Waals surface area contributed by atoms with E-state index in [9.17, 15) is 19.8 Å². The molecule has 2 aromatic heterocycles. The van der Waals surface area contributed by atoms with Gasteiger partial charge in [0.2, 0.25) is 0 Å². The summed E-state index contributed by atoms with van der Waals surface area (Å²) in [5.74, 6) is 0.458. The second-order valence-electron chi connectivity index (χ2n) is 8.19. The summed E-state index contributed by atoms with van der Waals surface area (Å²) >= 11 is 1.19. The highest BCUT2D eigenvalue weighted by atomic mass is 32.1. The van der Waals surface area contributed by atoms with Crippen LogP contribution in [0.2, 0.25) is 0 Å². The van der Waals surface area contributed by atoms with Crippen molar-refractivity contribution in [3.8, 4) is 5.75 Å². The lowest BCUT2D eigenvalue weighted by molar-refractivity contribution is -0.120. The van der Waals surface area contributed by atoms with Crippen LogP contribution < -0.4 is 24.4 Å². The van der Waals surface area contributed by atoms with Crippen molar-refractivity contribution in [3.05, 3.63) is 56.0 Å². The molecule has 3 heterocycles. The predicted octanol–water partition coefficient (Wildman–Crippen LogP) is -0.806. The Bertz CT molecular complexity index is 1310. The number of ether oxygens (including phenoxy) is 1. The van der Waals surface area contributed by atoms with Crippen molar-refractivity contribution < 1.29 is 19.7 Å². The summed E-state index contributed by atoms with van der Waals surface area (Å²) in [6, 6.07) is 5.53. The number of thiazole rings is 1. The van der Waals surface area contributed by atoms with Crippen molar-refractivity contribution in [1.82, 2.24) is 19.7 Å². The Morgan fingerprint density at radius 1 is 1.42 bits per heavy atom. The monoisotopic (exact) mass is 471 g/mol. The second kappa shape index (κ2) is 9.30. The third-order valence-corrected chi connectivity index (χ3v) is 6.38. The Balaban J connectivity index is 1.65. The summed E-state index contributed by atoms with van der Waals surface area (Å²) < 4.78 is 8.05. The fourth-order valence-electron chi connectivity index (χ4n) is 3.46. The molecule has 0 saturated heterocycles. The highest BCUT2D eigenvalue weighted by Gasteiger charge is 2.28. The first-order valence-corrected chi connectivity index (χ1v) is 11.2. The third kappa shape index (κ3) is 4.90. The molecule has 33 heavy (non-hydrogen) atoms. The maximum atomic E-state index is 12.8. The van der Waals surface area contributed by atoms with Crippen LogP contribution in [0.3, 0.4) is 0 Å². The minimum Gasteiger partial charge on any atom is -0.490 e. The van der Waals surface area contributed by atoms with Crippen LogP contribution in [0.25, 0.3) is 12.2 Å². The van der Waals surface area contributed by atoms with E-state index in [1.54, 1.807) is 19.9 Å². The maximum Gasteiger partial charge on any atom is 0.266 e. The van der Waals surface area contributed by atoms with Crippen molar-refractivity contribution in [2.75, 3.05) is 31.2 Å². The molecule has 0 amide bonds. The summed E-state index contributed by atoms with van der Waals surface area (Å²) in [6.07, 6.45) is 5.13. The quantitative estimate of drug-likeness (QED) is 0.408. The van der Waals surface area contributed by atoms with E-state index >= 15 is 0 Å². The number of aliphatic hydroxyl groups is 2. The fourth-order valence-corrected chi connectivity index (χ4v) is 4.35. The molecule has 10 nitrogen and oxygen atoms in total. The molecule has 0 aliphatic carbocycles. The Labute approximate surface area is 193 Å². The van der Waals surface area contributed by atoms with Crippen molar-refractivity contribution >= 4 is 35.0 Å². The number of anilines is 1. The van der Waals surface area contributed by atoms with Gasteiger partial charge < -0.3 is 24.8 Å². The number of fused-ring (bicyclic) bond motifs is 1. The number of H-pyrrole nitrogens is 1. The zero-order valence-electron chi connectivity index (χ0n) is 18.3. The normalized spacial score (nSPS) is 15.9. The summed E-state index contributed by atoms with van der Waals surface area (Å²) in [7, 11) is 0. The van der Waals surface area contributed by atoms with Gasteiger partial charge in [0, 0.05) is 12.6 Å². The fraction of sp³-hybridized carbons (Fsp3) is 0.364. The van der Waals surface area contributed by atoms with Gasteiger partial charge in [0.1, 0.15) is 30.5 Å². The summed E-state index contributed by atoms with van der Waals surface area (Å²) in [6.45, 7) is 4.47. The third-order valence-electron chi connectivity index (χ3n) is 5.42. The SMILES string of the molecule is CC(C)(C(=O)/C=c1\[nH]c(=O)/c(=C/c2ccc3c(c2)N(CC(O)CO)CCO3)s1)n1cncn1. The van der Waals surface area contributed by atoms with Gasteiger partial charge in [-0.3, -0.25) is 9.59 Å². The van der Waals surface area contributed by atoms with Gasteiger partial charge in [-0.2, -0.15) is 5.10 Å². The average molecular weight is 472 g/mol. The molecule has 1 atom stereocenters. The van der Waals surface area contributed by atoms with Gasteiger partial charge >= 0.3 is 0 Å². The van der Waals surface area contributed by atoms with Crippen LogP contribution in [0.5, 0.6) is 5.75 Å². The minimum absolute atomic E-state index is 0.221. The van der Waals surface area contributed by atoms with Crippen LogP contribution in [-0.4, -0.2) is 68.2 Å². The minimum atomic E-state index is -0.942. The lowest BCUT2D eigenvalue weighted by atomic mass is 10.00.